The fraction of sp³-hybridized carbons (Fsp3) is 0.185. The van der Waals surface area contributed by atoms with Crippen LogP contribution in [0, 0.1) is 4.91 Å². The molecule has 0 N–H and O–H groups in total. The van der Waals surface area contributed by atoms with Crippen molar-refractivity contribution in [1.29, 1.82) is 0 Å². The third-order valence-electron chi connectivity index (χ3n) is 6.26. The zero-order valence-corrected chi connectivity index (χ0v) is 18.6. The molecule has 0 saturated carbocycles. The van der Waals surface area contributed by atoms with Gasteiger partial charge in [-0.3, -0.25) is 0 Å². The first-order valence-corrected chi connectivity index (χ1v) is 12.7. The highest BCUT2D eigenvalue weighted by Gasteiger charge is 2.42. The second kappa shape index (κ2) is 8.24. The summed E-state index contributed by atoms with van der Waals surface area (Å²) >= 11 is 0. The third kappa shape index (κ3) is 3.25. The SMILES string of the molecule is CC1=NC(=P(c2ccccc2)(c2ccccc2)c2ccccc2)C2=C(CCCC2)[N+]1=O. The Kier molecular flexibility index (Phi) is 5.29. The van der Waals surface area contributed by atoms with Gasteiger partial charge in [-0.15, -0.1) is 0 Å². The summed E-state index contributed by atoms with van der Waals surface area (Å²) in [6, 6.07) is 32.3. The van der Waals surface area contributed by atoms with Gasteiger partial charge in [0.1, 0.15) is 0 Å². The van der Waals surface area contributed by atoms with Crippen molar-refractivity contribution in [3.05, 3.63) is 107 Å². The molecule has 0 saturated heterocycles. The van der Waals surface area contributed by atoms with Gasteiger partial charge < -0.3 is 0 Å². The average molecular weight is 425 g/mol. The van der Waals surface area contributed by atoms with E-state index in [0.717, 1.165) is 47.1 Å². The van der Waals surface area contributed by atoms with E-state index in [1.807, 2.05) is 6.92 Å². The van der Waals surface area contributed by atoms with Gasteiger partial charge in [0, 0.05) is 25.0 Å². The maximum atomic E-state index is 13.0. The molecule has 1 aliphatic carbocycles. The molecule has 1 aliphatic heterocycles. The van der Waals surface area contributed by atoms with E-state index in [1.54, 1.807) is 0 Å². The highest BCUT2D eigenvalue weighted by atomic mass is 31.2. The fourth-order valence-corrected chi connectivity index (χ4v) is 9.29. The summed E-state index contributed by atoms with van der Waals surface area (Å²) < 4.78 is 1.08. The van der Waals surface area contributed by atoms with Crippen LogP contribution >= 0.6 is 6.89 Å². The Morgan fingerprint density at radius 2 is 1.16 bits per heavy atom. The molecule has 0 atom stereocenters. The number of allylic oxidation sites excluding steroid dienone is 1. The number of hydrogen-bond acceptors (Lipinski definition) is 1. The van der Waals surface area contributed by atoms with E-state index >= 15 is 0 Å². The minimum atomic E-state index is -2.28. The molecular formula is C27H26N2OP+. The first-order valence-electron chi connectivity index (χ1n) is 10.9. The lowest BCUT2D eigenvalue weighted by Gasteiger charge is -2.31. The van der Waals surface area contributed by atoms with Gasteiger partial charge in [-0.2, -0.15) is 0 Å². The number of amidine groups is 1. The molecule has 0 unspecified atom stereocenters. The van der Waals surface area contributed by atoms with Crippen LogP contribution in [-0.2, 0) is 0 Å². The normalized spacial score (nSPS) is 16.7. The van der Waals surface area contributed by atoms with Crippen LogP contribution in [0.25, 0.3) is 0 Å². The summed E-state index contributed by atoms with van der Waals surface area (Å²) in [6.07, 6.45) is 3.90. The molecule has 0 radical (unpaired) electrons. The highest BCUT2D eigenvalue weighted by Crippen LogP contribution is 2.50. The fourth-order valence-electron chi connectivity index (χ4n) is 4.86. The summed E-state index contributed by atoms with van der Waals surface area (Å²) in [5.41, 5.74) is 3.19. The minimum Gasteiger partial charge on any atom is -0.0622 e. The molecule has 0 spiro atoms. The molecule has 31 heavy (non-hydrogen) atoms. The lowest BCUT2D eigenvalue weighted by Crippen LogP contribution is -2.35. The quantitative estimate of drug-likeness (QED) is 0.422. The maximum Gasteiger partial charge on any atom is 0.339 e. The van der Waals surface area contributed by atoms with Crippen LogP contribution in [0.1, 0.15) is 32.6 Å². The van der Waals surface area contributed by atoms with Crippen molar-refractivity contribution in [3.63, 3.8) is 0 Å². The molecule has 5 rings (SSSR count). The van der Waals surface area contributed by atoms with Gasteiger partial charge in [-0.1, -0.05) is 95.9 Å². The average Bonchev–Trinajstić information content (AvgIpc) is 2.85. The van der Waals surface area contributed by atoms with Gasteiger partial charge in [0.2, 0.25) is 0 Å². The van der Waals surface area contributed by atoms with Gasteiger partial charge in [0.15, 0.2) is 11.1 Å². The predicted octanol–water partition coefficient (Wildman–Crippen LogP) is 5.15. The second-order valence-electron chi connectivity index (χ2n) is 8.09. The number of aliphatic imine (C=N–C) groups is 1. The van der Waals surface area contributed by atoms with Gasteiger partial charge in [-0.25, -0.2) is 0 Å². The van der Waals surface area contributed by atoms with E-state index in [0.29, 0.717) is 5.84 Å². The minimum absolute atomic E-state index is 0.544. The molecule has 0 amide bonds. The largest absolute Gasteiger partial charge is 0.339 e. The first-order chi connectivity index (χ1) is 15.2. The second-order valence-corrected chi connectivity index (χ2v) is 11.4. The summed E-state index contributed by atoms with van der Waals surface area (Å²) in [5.74, 6) is 0.544. The van der Waals surface area contributed by atoms with E-state index in [2.05, 4.69) is 91.0 Å². The zero-order valence-electron chi connectivity index (χ0n) is 17.7. The number of nitroso groups, excluding NO2 is 1. The summed E-state index contributed by atoms with van der Waals surface area (Å²) in [6.45, 7) is -0.428. The highest BCUT2D eigenvalue weighted by molar-refractivity contribution is 7.95. The summed E-state index contributed by atoms with van der Waals surface area (Å²) in [4.78, 5) is 18.1. The van der Waals surface area contributed by atoms with Crippen LogP contribution in [0.4, 0.5) is 0 Å². The Morgan fingerprint density at radius 1 is 0.710 bits per heavy atom. The molecule has 1 heterocycles. The van der Waals surface area contributed by atoms with Crippen LogP contribution in [0.5, 0.6) is 0 Å². The van der Waals surface area contributed by atoms with Crippen molar-refractivity contribution in [3.8, 4) is 0 Å². The molecule has 3 aromatic rings. The number of hydrogen-bond donors (Lipinski definition) is 0. The van der Waals surface area contributed by atoms with E-state index in [9.17, 15) is 4.91 Å². The molecule has 3 aromatic carbocycles. The molecule has 154 valence electrons. The lowest BCUT2D eigenvalue weighted by molar-refractivity contribution is -0.380. The van der Waals surface area contributed by atoms with Gasteiger partial charge in [-0.05, 0) is 40.2 Å². The zero-order chi connectivity index (χ0) is 21.3. The van der Waals surface area contributed by atoms with Crippen LogP contribution in [0.3, 0.4) is 0 Å². The molecule has 3 nitrogen and oxygen atoms in total. The van der Waals surface area contributed by atoms with Crippen LogP contribution < -0.4 is 15.9 Å². The van der Waals surface area contributed by atoms with Crippen molar-refractivity contribution in [2.24, 2.45) is 4.99 Å². The molecule has 2 aliphatic rings. The topological polar surface area (TPSA) is 32.4 Å². The van der Waals surface area contributed by atoms with Crippen molar-refractivity contribution < 1.29 is 4.76 Å². The standard InChI is InChI=1S/C27H26N2OP/c1-21-28-27(25-19-11-12-20-26(25)29(21)30)31(22-13-5-2-6-14-22,23-15-7-3-8-16-23)24-17-9-4-10-18-24/h2-10,13-18H,11-12,19-20H2,1H3/q+1. The Hall–Kier alpha value is -3.03. The van der Waals surface area contributed by atoms with Gasteiger partial charge in [0.25, 0.3) is 0 Å². The molecular weight excluding hydrogens is 399 g/mol. The van der Waals surface area contributed by atoms with Crippen molar-refractivity contribution >= 4 is 34.1 Å². The van der Waals surface area contributed by atoms with E-state index in [1.165, 1.54) is 15.9 Å². The summed E-state index contributed by atoms with van der Waals surface area (Å²) in [7, 11) is 0. The molecule has 0 bridgehead atoms. The molecule has 0 aromatic heterocycles. The van der Waals surface area contributed by atoms with Gasteiger partial charge >= 0.3 is 5.84 Å². The van der Waals surface area contributed by atoms with Crippen LogP contribution in [0.2, 0.25) is 0 Å². The van der Waals surface area contributed by atoms with Crippen LogP contribution in [0.15, 0.2) is 107 Å². The van der Waals surface area contributed by atoms with Crippen molar-refractivity contribution in [2.75, 3.05) is 0 Å². The molecule has 0 fully saturated rings. The van der Waals surface area contributed by atoms with Crippen molar-refractivity contribution in [2.45, 2.75) is 32.6 Å². The lowest BCUT2D eigenvalue weighted by atomic mass is 9.95. The number of benzene rings is 3. The van der Waals surface area contributed by atoms with E-state index in [-0.39, 0.29) is 0 Å². The number of nitrogens with zero attached hydrogens (tertiary/aromatic N) is 2. The van der Waals surface area contributed by atoms with Crippen LogP contribution in [-0.4, -0.2) is 16.0 Å². The maximum absolute atomic E-state index is 13.0. The Morgan fingerprint density at radius 3 is 1.65 bits per heavy atom. The van der Waals surface area contributed by atoms with E-state index in [4.69, 9.17) is 4.99 Å². The van der Waals surface area contributed by atoms with Gasteiger partial charge in [0.05, 0.1) is 5.57 Å². The third-order valence-corrected chi connectivity index (χ3v) is 10.5. The number of rotatable bonds is 3. The Bertz CT molecular complexity index is 1140. The predicted molar refractivity (Wildman–Crippen MR) is 132 cm³/mol. The Labute approximate surface area is 183 Å². The summed E-state index contributed by atoms with van der Waals surface area (Å²) in [5, 5.41) is 3.82. The smallest absolute Gasteiger partial charge is 0.0622 e. The van der Waals surface area contributed by atoms with E-state index < -0.39 is 6.89 Å². The molecule has 4 heteroatoms. The Balaban J connectivity index is 2.03. The first kappa shape index (κ1) is 19.9. The van der Waals surface area contributed by atoms with Crippen molar-refractivity contribution in [1.82, 2.24) is 0 Å². The monoisotopic (exact) mass is 425 g/mol.